The zero-order valence-corrected chi connectivity index (χ0v) is 16.0. The third-order valence-electron chi connectivity index (χ3n) is 4.89. The summed E-state index contributed by atoms with van der Waals surface area (Å²) in [4.78, 5) is 36.1. The summed E-state index contributed by atoms with van der Waals surface area (Å²) in [5, 5.41) is 3.26. The molecule has 1 N–H and O–H groups in total. The van der Waals surface area contributed by atoms with Gasteiger partial charge in [-0.25, -0.2) is 9.97 Å². The van der Waals surface area contributed by atoms with E-state index >= 15 is 0 Å². The lowest BCUT2D eigenvalue weighted by Crippen LogP contribution is -2.50. The fraction of sp³-hybridized carbons (Fsp3) is 0.400. The highest BCUT2D eigenvalue weighted by Gasteiger charge is 2.23. The Hall–Kier alpha value is -2.96. The smallest absolute Gasteiger partial charge is 0.257 e. The van der Waals surface area contributed by atoms with E-state index in [9.17, 15) is 9.59 Å². The molecule has 1 aromatic heterocycles. The summed E-state index contributed by atoms with van der Waals surface area (Å²) in [6.45, 7) is 7.89. The first kappa shape index (κ1) is 18.8. The molecule has 0 radical (unpaired) electrons. The molecule has 2 amide bonds. The highest BCUT2D eigenvalue weighted by Crippen LogP contribution is 2.23. The van der Waals surface area contributed by atoms with Crippen molar-refractivity contribution in [2.45, 2.75) is 27.2 Å². The van der Waals surface area contributed by atoms with Crippen LogP contribution >= 0.6 is 0 Å². The second-order valence-corrected chi connectivity index (χ2v) is 6.68. The third-order valence-corrected chi connectivity index (χ3v) is 4.89. The van der Waals surface area contributed by atoms with Gasteiger partial charge in [-0.15, -0.1) is 0 Å². The van der Waals surface area contributed by atoms with Crippen LogP contribution in [0.3, 0.4) is 0 Å². The molecule has 3 rings (SSSR count). The minimum Gasteiger partial charge on any atom is -0.339 e. The minimum atomic E-state index is -0.102. The number of anilines is 2. The second-order valence-electron chi connectivity index (χ2n) is 6.68. The summed E-state index contributed by atoms with van der Waals surface area (Å²) in [6.07, 6.45) is 4.02. The first-order chi connectivity index (χ1) is 13.0. The molecular formula is C20H25N5O2. The van der Waals surface area contributed by atoms with Gasteiger partial charge in [0.05, 0.1) is 5.56 Å². The Kier molecular flexibility index (Phi) is 5.69. The molecule has 0 unspecified atom stereocenters. The lowest BCUT2D eigenvalue weighted by atomic mass is 10.1. The van der Waals surface area contributed by atoms with Gasteiger partial charge < -0.3 is 15.1 Å². The van der Waals surface area contributed by atoms with Crippen molar-refractivity contribution in [3.05, 3.63) is 47.3 Å². The topological polar surface area (TPSA) is 78.4 Å². The summed E-state index contributed by atoms with van der Waals surface area (Å²) >= 11 is 0. The maximum Gasteiger partial charge on any atom is 0.257 e. The number of piperazine rings is 1. The lowest BCUT2D eigenvalue weighted by molar-refractivity contribution is -0.130. The lowest BCUT2D eigenvalue weighted by Gasteiger charge is -2.34. The van der Waals surface area contributed by atoms with Crippen molar-refractivity contribution in [2.24, 2.45) is 0 Å². The molecule has 0 aliphatic carbocycles. The molecule has 7 nitrogen and oxygen atoms in total. The van der Waals surface area contributed by atoms with Crippen LogP contribution in [0.25, 0.3) is 0 Å². The molecule has 0 atom stereocenters. The summed E-state index contributed by atoms with van der Waals surface area (Å²) in [7, 11) is 0. The molecule has 27 heavy (non-hydrogen) atoms. The van der Waals surface area contributed by atoms with E-state index in [0.717, 1.165) is 17.7 Å². The van der Waals surface area contributed by atoms with E-state index in [4.69, 9.17) is 0 Å². The summed E-state index contributed by atoms with van der Waals surface area (Å²) in [6, 6.07) is 6.15. The first-order valence-corrected chi connectivity index (χ1v) is 9.22. The molecule has 1 aromatic carbocycles. The second kappa shape index (κ2) is 8.16. The average molecular weight is 367 g/mol. The summed E-state index contributed by atoms with van der Waals surface area (Å²) in [5.41, 5.74) is 3.79. The molecule has 0 saturated carbocycles. The maximum absolute atomic E-state index is 12.6. The Morgan fingerprint density at radius 2 is 1.70 bits per heavy atom. The quantitative estimate of drug-likeness (QED) is 0.898. The molecule has 2 heterocycles. The van der Waals surface area contributed by atoms with Crippen molar-refractivity contribution in [1.82, 2.24) is 19.8 Å². The van der Waals surface area contributed by atoms with Gasteiger partial charge in [-0.3, -0.25) is 9.59 Å². The van der Waals surface area contributed by atoms with Crippen molar-refractivity contribution in [3.63, 3.8) is 0 Å². The molecule has 0 spiro atoms. The molecule has 0 bridgehead atoms. The van der Waals surface area contributed by atoms with Crippen LogP contribution in [0.4, 0.5) is 11.6 Å². The monoisotopic (exact) mass is 367 g/mol. The number of benzene rings is 1. The van der Waals surface area contributed by atoms with Gasteiger partial charge in [-0.05, 0) is 24.5 Å². The van der Waals surface area contributed by atoms with E-state index in [0.29, 0.717) is 37.7 Å². The number of para-hydroxylation sites is 1. The molecule has 1 fully saturated rings. The summed E-state index contributed by atoms with van der Waals surface area (Å²) < 4.78 is 0. The number of aryl methyl sites for hydroxylation is 2. The van der Waals surface area contributed by atoms with Crippen LogP contribution in [0.15, 0.2) is 30.6 Å². The first-order valence-electron chi connectivity index (χ1n) is 9.22. The Bertz CT molecular complexity index is 827. The number of aromatic nitrogens is 2. The van der Waals surface area contributed by atoms with Gasteiger partial charge in [-0.1, -0.05) is 25.1 Å². The zero-order chi connectivity index (χ0) is 19.4. The van der Waals surface area contributed by atoms with Crippen LogP contribution in [0.5, 0.6) is 0 Å². The fourth-order valence-electron chi connectivity index (χ4n) is 3.22. The Labute approximate surface area is 159 Å². The molecule has 2 aromatic rings. The van der Waals surface area contributed by atoms with E-state index in [1.165, 1.54) is 5.56 Å². The van der Waals surface area contributed by atoms with Gasteiger partial charge in [0.1, 0.15) is 0 Å². The van der Waals surface area contributed by atoms with Crippen LogP contribution in [-0.4, -0.2) is 57.8 Å². The van der Waals surface area contributed by atoms with Gasteiger partial charge >= 0.3 is 0 Å². The van der Waals surface area contributed by atoms with E-state index in [2.05, 4.69) is 28.3 Å². The van der Waals surface area contributed by atoms with E-state index in [-0.39, 0.29) is 11.8 Å². The van der Waals surface area contributed by atoms with Crippen LogP contribution in [0.2, 0.25) is 0 Å². The van der Waals surface area contributed by atoms with E-state index in [1.54, 1.807) is 29.1 Å². The molecule has 142 valence electrons. The number of amides is 2. The van der Waals surface area contributed by atoms with Crippen molar-refractivity contribution in [1.29, 1.82) is 0 Å². The number of carbonyl (C=O) groups excluding carboxylic acids is 2. The highest BCUT2D eigenvalue weighted by molar-refractivity contribution is 5.94. The standard InChI is InChI=1S/C20H25N5O2/c1-4-16-7-5-6-14(2)18(16)23-20-21-12-17(13-22-20)19(27)25-10-8-24(9-11-25)15(3)26/h5-7,12-13H,4,8-11H2,1-3H3,(H,21,22,23). The molecule has 1 saturated heterocycles. The van der Waals surface area contributed by atoms with Gasteiger partial charge in [0.15, 0.2) is 0 Å². The van der Waals surface area contributed by atoms with E-state index in [1.807, 2.05) is 19.1 Å². The summed E-state index contributed by atoms with van der Waals surface area (Å²) in [5.74, 6) is 0.412. The van der Waals surface area contributed by atoms with Crippen molar-refractivity contribution >= 4 is 23.5 Å². The van der Waals surface area contributed by atoms with Crippen LogP contribution in [-0.2, 0) is 11.2 Å². The Morgan fingerprint density at radius 3 is 2.30 bits per heavy atom. The van der Waals surface area contributed by atoms with Gasteiger partial charge in [0.25, 0.3) is 5.91 Å². The predicted molar refractivity (Wildman–Crippen MR) is 104 cm³/mol. The molecule has 7 heteroatoms. The SMILES string of the molecule is CCc1cccc(C)c1Nc1ncc(C(=O)N2CCN(C(C)=O)CC2)cn1. The van der Waals surface area contributed by atoms with Crippen molar-refractivity contribution < 1.29 is 9.59 Å². The number of nitrogens with zero attached hydrogens (tertiary/aromatic N) is 4. The minimum absolute atomic E-state index is 0.0449. The van der Waals surface area contributed by atoms with Crippen molar-refractivity contribution in [2.75, 3.05) is 31.5 Å². The average Bonchev–Trinajstić information content (AvgIpc) is 2.69. The highest BCUT2D eigenvalue weighted by atomic mass is 16.2. The van der Waals surface area contributed by atoms with Gasteiger partial charge in [0.2, 0.25) is 11.9 Å². The molecular weight excluding hydrogens is 342 g/mol. The fourth-order valence-corrected chi connectivity index (χ4v) is 3.22. The molecule has 1 aliphatic rings. The number of hydrogen-bond donors (Lipinski definition) is 1. The number of rotatable bonds is 4. The normalized spacial score (nSPS) is 14.2. The van der Waals surface area contributed by atoms with Crippen molar-refractivity contribution in [3.8, 4) is 0 Å². The Balaban J connectivity index is 1.67. The Morgan fingerprint density at radius 1 is 1.07 bits per heavy atom. The maximum atomic E-state index is 12.6. The number of nitrogens with one attached hydrogen (secondary N) is 1. The van der Waals surface area contributed by atoms with Crippen LogP contribution < -0.4 is 5.32 Å². The van der Waals surface area contributed by atoms with Gasteiger partial charge in [0, 0.05) is 51.2 Å². The largest absolute Gasteiger partial charge is 0.339 e. The number of carbonyl (C=O) groups is 2. The third kappa shape index (κ3) is 4.24. The van der Waals surface area contributed by atoms with Crippen LogP contribution in [0.1, 0.15) is 35.3 Å². The molecule has 1 aliphatic heterocycles. The zero-order valence-electron chi connectivity index (χ0n) is 16.0. The number of hydrogen-bond acceptors (Lipinski definition) is 5. The van der Waals surface area contributed by atoms with E-state index < -0.39 is 0 Å². The van der Waals surface area contributed by atoms with Gasteiger partial charge in [-0.2, -0.15) is 0 Å². The predicted octanol–water partition coefficient (Wildman–Crippen LogP) is 2.40. The van der Waals surface area contributed by atoms with Crippen LogP contribution in [0, 0.1) is 6.92 Å².